The highest BCUT2D eigenvalue weighted by molar-refractivity contribution is 8.00. The molecular formula is C16H20ClNO4S. The number of hydrogen-bond acceptors (Lipinski definition) is 4. The van der Waals surface area contributed by atoms with Crippen molar-refractivity contribution in [2.75, 3.05) is 11.5 Å². The SMILES string of the molecule is CCCCC(NC(=O)CSCC(=O)c1ccc(Cl)cc1)C(=O)O. The Morgan fingerprint density at radius 2 is 1.87 bits per heavy atom. The summed E-state index contributed by atoms with van der Waals surface area (Å²) < 4.78 is 0. The molecule has 0 aliphatic carbocycles. The van der Waals surface area contributed by atoms with Gasteiger partial charge in [0.25, 0.3) is 0 Å². The smallest absolute Gasteiger partial charge is 0.326 e. The molecule has 1 rings (SSSR count). The van der Waals surface area contributed by atoms with E-state index in [1.165, 1.54) is 0 Å². The van der Waals surface area contributed by atoms with Gasteiger partial charge < -0.3 is 10.4 Å². The first-order chi connectivity index (χ1) is 10.9. The van der Waals surface area contributed by atoms with Gasteiger partial charge in [-0.05, 0) is 30.7 Å². The first-order valence-electron chi connectivity index (χ1n) is 7.32. The quantitative estimate of drug-likeness (QED) is 0.629. The first kappa shape index (κ1) is 19.5. The Labute approximate surface area is 144 Å². The summed E-state index contributed by atoms with van der Waals surface area (Å²) in [5, 5.41) is 12.1. The number of rotatable bonds is 10. The van der Waals surface area contributed by atoms with Crippen molar-refractivity contribution in [3.63, 3.8) is 0 Å². The number of carbonyl (C=O) groups excluding carboxylic acids is 2. The normalized spacial score (nSPS) is 11.7. The minimum atomic E-state index is -1.03. The average molecular weight is 358 g/mol. The van der Waals surface area contributed by atoms with E-state index in [0.29, 0.717) is 17.0 Å². The molecule has 0 aliphatic heterocycles. The van der Waals surface area contributed by atoms with E-state index in [2.05, 4.69) is 5.32 Å². The molecule has 0 aromatic heterocycles. The Balaban J connectivity index is 2.36. The largest absolute Gasteiger partial charge is 0.480 e. The van der Waals surface area contributed by atoms with E-state index in [9.17, 15) is 14.4 Å². The molecule has 23 heavy (non-hydrogen) atoms. The van der Waals surface area contributed by atoms with E-state index in [1.54, 1.807) is 24.3 Å². The van der Waals surface area contributed by atoms with Crippen LogP contribution in [0, 0.1) is 0 Å². The molecule has 0 bridgehead atoms. The number of unbranched alkanes of at least 4 members (excludes halogenated alkanes) is 1. The monoisotopic (exact) mass is 357 g/mol. The van der Waals surface area contributed by atoms with Crippen LogP contribution < -0.4 is 5.32 Å². The van der Waals surface area contributed by atoms with E-state index in [4.69, 9.17) is 16.7 Å². The van der Waals surface area contributed by atoms with Crippen LogP contribution in [0.3, 0.4) is 0 Å². The molecule has 1 atom stereocenters. The van der Waals surface area contributed by atoms with Crippen LogP contribution in [-0.2, 0) is 9.59 Å². The number of Topliss-reactive ketones (excluding diaryl/α,β-unsaturated/α-hetero) is 1. The third-order valence-electron chi connectivity index (χ3n) is 3.11. The minimum Gasteiger partial charge on any atom is -0.480 e. The molecule has 1 unspecified atom stereocenters. The van der Waals surface area contributed by atoms with Gasteiger partial charge in [-0.1, -0.05) is 31.4 Å². The van der Waals surface area contributed by atoms with Gasteiger partial charge in [-0.15, -0.1) is 11.8 Å². The molecule has 0 saturated carbocycles. The second kappa shape index (κ2) is 10.3. The van der Waals surface area contributed by atoms with Gasteiger partial charge in [-0.2, -0.15) is 0 Å². The number of nitrogens with one attached hydrogen (secondary N) is 1. The molecule has 1 aromatic rings. The fourth-order valence-electron chi connectivity index (χ4n) is 1.86. The molecule has 126 valence electrons. The maximum absolute atomic E-state index is 11.9. The van der Waals surface area contributed by atoms with Crippen LogP contribution in [0.1, 0.15) is 36.5 Å². The number of ketones is 1. The Bertz CT molecular complexity index is 548. The third kappa shape index (κ3) is 7.52. The molecule has 2 N–H and O–H groups in total. The summed E-state index contributed by atoms with van der Waals surface area (Å²) >= 11 is 6.91. The van der Waals surface area contributed by atoms with Gasteiger partial charge in [0.2, 0.25) is 5.91 Å². The second-order valence-corrected chi connectivity index (χ2v) is 6.45. The Kier molecular flexibility index (Phi) is 8.73. The fraction of sp³-hybridized carbons (Fsp3) is 0.438. The van der Waals surface area contributed by atoms with Crippen LogP contribution >= 0.6 is 23.4 Å². The minimum absolute atomic E-state index is 0.0508. The van der Waals surface area contributed by atoms with Crippen LogP contribution in [0.25, 0.3) is 0 Å². The molecule has 0 fully saturated rings. The van der Waals surface area contributed by atoms with Gasteiger partial charge in [0.05, 0.1) is 11.5 Å². The number of halogens is 1. The summed E-state index contributed by atoms with van der Waals surface area (Å²) in [5.74, 6) is -1.30. The van der Waals surface area contributed by atoms with E-state index in [-0.39, 0.29) is 23.2 Å². The topological polar surface area (TPSA) is 83.5 Å². The van der Waals surface area contributed by atoms with Crippen LogP contribution in [-0.4, -0.2) is 40.3 Å². The van der Waals surface area contributed by atoms with Crippen LogP contribution in [0.5, 0.6) is 0 Å². The van der Waals surface area contributed by atoms with Gasteiger partial charge in [0, 0.05) is 10.6 Å². The zero-order valence-electron chi connectivity index (χ0n) is 12.9. The second-order valence-electron chi connectivity index (χ2n) is 5.02. The van der Waals surface area contributed by atoms with Crippen molar-refractivity contribution in [1.29, 1.82) is 0 Å². The van der Waals surface area contributed by atoms with Gasteiger partial charge in [0.15, 0.2) is 5.78 Å². The third-order valence-corrected chi connectivity index (χ3v) is 4.30. The molecule has 0 saturated heterocycles. The molecule has 7 heteroatoms. The predicted octanol–water partition coefficient (Wildman–Crippen LogP) is 3.02. The number of carbonyl (C=O) groups is 3. The fourth-order valence-corrected chi connectivity index (χ4v) is 2.71. The molecule has 0 aliphatic rings. The van der Waals surface area contributed by atoms with Gasteiger partial charge in [-0.3, -0.25) is 9.59 Å². The van der Waals surface area contributed by atoms with E-state index in [0.717, 1.165) is 24.6 Å². The Morgan fingerprint density at radius 3 is 2.43 bits per heavy atom. The standard InChI is InChI=1S/C16H20ClNO4S/c1-2-3-4-13(16(21)22)18-15(20)10-23-9-14(19)11-5-7-12(17)8-6-11/h5-8,13H,2-4,9-10H2,1H3,(H,18,20)(H,21,22). The van der Waals surface area contributed by atoms with Crippen LogP contribution in [0.4, 0.5) is 0 Å². The molecular weight excluding hydrogens is 338 g/mol. The molecule has 1 amide bonds. The lowest BCUT2D eigenvalue weighted by Gasteiger charge is -2.13. The highest BCUT2D eigenvalue weighted by atomic mass is 35.5. The lowest BCUT2D eigenvalue weighted by Crippen LogP contribution is -2.41. The number of aliphatic carboxylic acids is 1. The summed E-state index contributed by atoms with van der Waals surface area (Å²) in [6.45, 7) is 1.96. The summed E-state index contributed by atoms with van der Waals surface area (Å²) in [4.78, 5) is 34.7. The number of hydrogen-bond donors (Lipinski definition) is 2. The van der Waals surface area contributed by atoms with Crippen LogP contribution in [0.2, 0.25) is 5.02 Å². The molecule has 0 radical (unpaired) electrons. The number of benzene rings is 1. The number of carboxylic acids is 1. The summed E-state index contributed by atoms with van der Waals surface area (Å²) in [6.07, 6.45) is 2.01. The zero-order chi connectivity index (χ0) is 17.2. The first-order valence-corrected chi connectivity index (χ1v) is 8.86. The number of carboxylic acid groups (broad SMARTS) is 1. The molecule has 1 aromatic carbocycles. The summed E-state index contributed by atoms with van der Waals surface area (Å²) in [6, 6.07) is 5.68. The molecule has 5 nitrogen and oxygen atoms in total. The van der Waals surface area contributed by atoms with Crippen molar-refractivity contribution in [3.05, 3.63) is 34.9 Å². The van der Waals surface area contributed by atoms with E-state index < -0.39 is 12.0 Å². The molecule has 0 heterocycles. The van der Waals surface area contributed by atoms with Crippen molar-refractivity contribution in [2.24, 2.45) is 0 Å². The van der Waals surface area contributed by atoms with Gasteiger partial charge in [-0.25, -0.2) is 4.79 Å². The number of amides is 1. The van der Waals surface area contributed by atoms with Crippen molar-refractivity contribution in [2.45, 2.75) is 32.2 Å². The Morgan fingerprint density at radius 1 is 1.22 bits per heavy atom. The molecule has 0 spiro atoms. The maximum Gasteiger partial charge on any atom is 0.326 e. The van der Waals surface area contributed by atoms with Crippen molar-refractivity contribution >= 4 is 41.0 Å². The lowest BCUT2D eigenvalue weighted by molar-refractivity contribution is -0.141. The van der Waals surface area contributed by atoms with Gasteiger partial charge in [0.1, 0.15) is 6.04 Å². The highest BCUT2D eigenvalue weighted by Gasteiger charge is 2.19. The van der Waals surface area contributed by atoms with Crippen LogP contribution in [0.15, 0.2) is 24.3 Å². The summed E-state index contributed by atoms with van der Waals surface area (Å²) in [7, 11) is 0. The predicted molar refractivity (Wildman–Crippen MR) is 92.2 cm³/mol. The van der Waals surface area contributed by atoms with Crippen molar-refractivity contribution in [3.8, 4) is 0 Å². The lowest BCUT2D eigenvalue weighted by atomic mass is 10.1. The van der Waals surface area contributed by atoms with E-state index >= 15 is 0 Å². The van der Waals surface area contributed by atoms with Gasteiger partial charge >= 0.3 is 5.97 Å². The average Bonchev–Trinajstić information content (AvgIpc) is 2.51. The maximum atomic E-state index is 11.9. The zero-order valence-corrected chi connectivity index (χ0v) is 14.5. The number of thioether (sulfide) groups is 1. The highest BCUT2D eigenvalue weighted by Crippen LogP contribution is 2.12. The van der Waals surface area contributed by atoms with E-state index in [1.807, 2.05) is 6.92 Å². The summed E-state index contributed by atoms with van der Waals surface area (Å²) in [5.41, 5.74) is 0.536. The van der Waals surface area contributed by atoms with Crippen molar-refractivity contribution in [1.82, 2.24) is 5.32 Å². The van der Waals surface area contributed by atoms with Crippen molar-refractivity contribution < 1.29 is 19.5 Å². The Hall–Kier alpha value is -1.53.